The highest BCUT2D eigenvalue weighted by atomic mass is 32.2. The van der Waals surface area contributed by atoms with Crippen molar-refractivity contribution in [1.29, 1.82) is 0 Å². The van der Waals surface area contributed by atoms with Crippen molar-refractivity contribution in [1.82, 2.24) is 0 Å². The number of sulfonamides is 1. The first kappa shape index (κ1) is 32.1. The predicted molar refractivity (Wildman–Crippen MR) is 151 cm³/mol. The Kier molecular flexibility index (Phi) is 10.3. The number of aliphatic carboxylic acids is 1. The fourth-order valence-corrected chi connectivity index (χ4v) is 5.21. The number of alkyl halides is 3. The molecule has 14 heteroatoms. The van der Waals surface area contributed by atoms with Gasteiger partial charge in [-0.05, 0) is 54.4 Å². The molecule has 1 aliphatic heterocycles. The van der Waals surface area contributed by atoms with Crippen LogP contribution in [0, 0.1) is 0 Å². The van der Waals surface area contributed by atoms with Gasteiger partial charge in [-0.15, -0.1) is 0 Å². The molecule has 0 bridgehead atoms. The molecule has 0 spiro atoms. The summed E-state index contributed by atoms with van der Waals surface area (Å²) in [5, 5.41) is 16.6. The molecule has 0 aromatic heterocycles. The molecule has 0 radical (unpaired) electrons. The molecule has 3 aromatic carbocycles. The van der Waals surface area contributed by atoms with Crippen LogP contribution in [-0.2, 0) is 21.2 Å². The molecule has 0 saturated carbocycles. The van der Waals surface area contributed by atoms with Crippen LogP contribution in [0.2, 0.25) is 0 Å². The molecule has 3 aromatic rings. The summed E-state index contributed by atoms with van der Waals surface area (Å²) in [6.07, 6.45) is -4.28. The maximum Gasteiger partial charge on any atom is 0.490 e. The molecule has 3 N–H and O–H groups in total. The lowest BCUT2D eigenvalue weighted by Gasteiger charge is -2.38. The van der Waals surface area contributed by atoms with Crippen molar-refractivity contribution in [3.63, 3.8) is 0 Å². The lowest BCUT2D eigenvalue weighted by molar-refractivity contribution is -0.192. The normalized spacial score (nSPS) is 13.5. The molecular weight excluding hydrogens is 579 g/mol. The van der Waals surface area contributed by atoms with E-state index in [4.69, 9.17) is 14.6 Å². The van der Waals surface area contributed by atoms with Crippen LogP contribution < -0.4 is 19.3 Å². The zero-order valence-corrected chi connectivity index (χ0v) is 23.6. The molecule has 226 valence electrons. The first-order valence-corrected chi connectivity index (χ1v) is 14.2. The number of carbonyl (C=O) groups is 2. The molecule has 0 unspecified atom stereocenters. The maximum absolute atomic E-state index is 13.1. The van der Waals surface area contributed by atoms with Gasteiger partial charge in [-0.2, -0.15) is 13.2 Å². The van der Waals surface area contributed by atoms with Gasteiger partial charge in [0.15, 0.2) is 0 Å². The number of anilines is 3. The summed E-state index contributed by atoms with van der Waals surface area (Å²) < 4.78 is 65.9. The van der Waals surface area contributed by atoms with E-state index in [2.05, 4.69) is 14.5 Å². The van der Waals surface area contributed by atoms with E-state index in [0.29, 0.717) is 18.8 Å². The van der Waals surface area contributed by atoms with E-state index >= 15 is 0 Å². The van der Waals surface area contributed by atoms with Crippen molar-refractivity contribution in [3.05, 3.63) is 77.9 Å². The Balaban J connectivity index is 0.000000616. The highest BCUT2D eigenvalue weighted by Gasteiger charge is 2.38. The van der Waals surface area contributed by atoms with Gasteiger partial charge in [-0.3, -0.25) is 4.72 Å². The Bertz CT molecular complexity index is 1510. The topological polar surface area (TPSA) is 136 Å². The lowest BCUT2D eigenvalue weighted by atomic mass is 10.1. The molecule has 0 atom stereocenters. The third kappa shape index (κ3) is 8.28. The summed E-state index contributed by atoms with van der Waals surface area (Å²) in [4.78, 5) is 24.9. The second-order valence-electron chi connectivity index (χ2n) is 9.12. The van der Waals surface area contributed by atoms with Crippen molar-refractivity contribution in [3.8, 4) is 5.75 Å². The zero-order chi connectivity index (χ0) is 31.1. The SMILES string of the molecule is CCc1ccc(S(=O)(=O)Nc2cc(C(=O)O)ccc2N2CCN(c3cccc(OC)c3)CC2)cc1.O=C(O)C(F)(F)F. The van der Waals surface area contributed by atoms with Crippen LogP contribution in [-0.4, -0.2) is 70.0 Å². The van der Waals surface area contributed by atoms with Crippen LogP contribution in [0.1, 0.15) is 22.8 Å². The fourth-order valence-electron chi connectivity index (χ4n) is 4.15. The van der Waals surface area contributed by atoms with Crippen LogP contribution in [0.3, 0.4) is 0 Å². The van der Waals surface area contributed by atoms with Crippen molar-refractivity contribution in [2.45, 2.75) is 24.4 Å². The largest absolute Gasteiger partial charge is 0.497 e. The number of halogens is 3. The van der Waals surface area contributed by atoms with E-state index in [-0.39, 0.29) is 16.1 Å². The van der Waals surface area contributed by atoms with Crippen LogP contribution in [0.4, 0.5) is 30.2 Å². The van der Waals surface area contributed by atoms with Gasteiger partial charge < -0.3 is 24.7 Å². The molecule has 1 fully saturated rings. The number of benzene rings is 3. The zero-order valence-electron chi connectivity index (χ0n) is 22.8. The molecule has 1 saturated heterocycles. The number of piperazine rings is 1. The van der Waals surface area contributed by atoms with E-state index in [0.717, 1.165) is 36.5 Å². The first-order chi connectivity index (χ1) is 19.7. The van der Waals surface area contributed by atoms with Gasteiger partial charge in [0.1, 0.15) is 5.75 Å². The van der Waals surface area contributed by atoms with Crippen LogP contribution in [0.25, 0.3) is 0 Å². The number of nitrogens with one attached hydrogen (secondary N) is 1. The van der Waals surface area contributed by atoms with Crippen LogP contribution in [0.5, 0.6) is 5.75 Å². The smallest absolute Gasteiger partial charge is 0.490 e. The number of hydrogen-bond acceptors (Lipinski definition) is 7. The number of carboxylic acids is 2. The Labute approximate surface area is 241 Å². The van der Waals surface area contributed by atoms with Gasteiger partial charge in [0.05, 0.1) is 28.9 Å². The van der Waals surface area contributed by atoms with Gasteiger partial charge in [0.25, 0.3) is 10.0 Å². The van der Waals surface area contributed by atoms with E-state index in [1.807, 2.05) is 31.2 Å². The third-order valence-corrected chi connectivity index (χ3v) is 7.79. The number of aromatic carboxylic acids is 1. The number of nitrogens with zero attached hydrogens (tertiary/aromatic N) is 2. The molecule has 0 aliphatic carbocycles. The average molecular weight is 610 g/mol. The van der Waals surface area contributed by atoms with Crippen molar-refractivity contribution in [2.24, 2.45) is 0 Å². The van der Waals surface area contributed by atoms with Crippen LogP contribution >= 0.6 is 0 Å². The molecule has 4 rings (SSSR count). The highest BCUT2D eigenvalue weighted by Crippen LogP contribution is 2.32. The second-order valence-corrected chi connectivity index (χ2v) is 10.8. The number of aryl methyl sites for hydroxylation is 1. The maximum atomic E-state index is 13.1. The van der Waals surface area contributed by atoms with Gasteiger partial charge >= 0.3 is 18.1 Å². The summed E-state index contributed by atoms with van der Waals surface area (Å²) in [5.41, 5.74) is 3.00. The summed E-state index contributed by atoms with van der Waals surface area (Å²) >= 11 is 0. The predicted octanol–water partition coefficient (Wildman–Crippen LogP) is 4.72. The highest BCUT2D eigenvalue weighted by molar-refractivity contribution is 7.92. The minimum absolute atomic E-state index is 0.0165. The summed E-state index contributed by atoms with van der Waals surface area (Å²) in [6.45, 7) is 4.73. The van der Waals surface area contributed by atoms with E-state index in [9.17, 15) is 31.5 Å². The van der Waals surface area contributed by atoms with E-state index in [1.165, 1.54) is 12.1 Å². The third-order valence-electron chi connectivity index (χ3n) is 6.41. The standard InChI is InChI=1S/C26H29N3O5S.C2HF3O2/c1-3-19-7-10-23(11-8-19)35(32,33)27-24-17-20(26(30)31)9-12-25(24)29-15-13-28(14-16-29)21-5-4-6-22(18-21)34-2;3-2(4,5)1(6)7/h4-12,17-18,27H,3,13-16H2,1-2H3,(H,30,31);(H,6,7). The minimum Gasteiger partial charge on any atom is -0.497 e. The lowest BCUT2D eigenvalue weighted by Crippen LogP contribution is -2.46. The Morgan fingerprint density at radius 1 is 0.929 bits per heavy atom. The average Bonchev–Trinajstić information content (AvgIpc) is 2.97. The van der Waals surface area contributed by atoms with Crippen molar-refractivity contribution >= 4 is 39.0 Å². The summed E-state index contributed by atoms with van der Waals surface area (Å²) in [5.74, 6) is -3.09. The van der Waals surface area contributed by atoms with Gasteiger partial charge in [-0.1, -0.05) is 25.1 Å². The van der Waals surface area contributed by atoms with Crippen molar-refractivity contribution < 1.29 is 46.1 Å². The fraction of sp³-hybridized carbons (Fsp3) is 0.286. The van der Waals surface area contributed by atoms with Gasteiger partial charge in [-0.25, -0.2) is 18.0 Å². The molecule has 1 heterocycles. The Morgan fingerprint density at radius 2 is 1.52 bits per heavy atom. The monoisotopic (exact) mass is 609 g/mol. The van der Waals surface area contributed by atoms with E-state index in [1.54, 1.807) is 37.4 Å². The Morgan fingerprint density at radius 3 is 2.05 bits per heavy atom. The summed E-state index contributed by atoms with van der Waals surface area (Å²) in [6, 6.07) is 19.1. The van der Waals surface area contributed by atoms with Gasteiger partial charge in [0, 0.05) is 37.9 Å². The summed E-state index contributed by atoms with van der Waals surface area (Å²) in [7, 11) is -2.26. The molecule has 0 amide bonds. The minimum atomic E-state index is -5.08. The van der Waals surface area contributed by atoms with Gasteiger partial charge in [0.2, 0.25) is 0 Å². The molecule has 10 nitrogen and oxygen atoms in total. The molecular formula is C28H30F3N3O7S. The number of carboxylic acid groups (broad SMARTS) is 2. The first-order valence-electron chi connectivity index (χ1n) is 12.7. The van der Waals surface area contributed by atoms with E-state index < -0.39 is 28.1 Å². The number of methoxy groups -OCH3 is 1. The quantitative estimate of drug-likeness (QED) is 0.332. The molecule has 1 aliphatic rings. The van der Waals surface area contributed by atoms with Crippen LogP contribution in [0.15, 0.2) is 71.6 Å². The number of hydrogen-bond donors (Lipinski definition) is 3. The molecule has 42 heavy (non-hydrogen) atoms. The number of ether oxygens (including phenoxy) is 1. The Hall–Kier alpha value is -4.46. The number of rotatable bonds is 8. The van der Waals surface area contributed by atoms with Crippen molar-refractivity contribution in [2.75, 3.05) is 47.8 Å². The second kappa shape index (κ2) is 13.5.